The number of halogens is 2. The lowest BCUT2D eigenvalue weighted by atomic mass is 10.1. The maximum Gasteiger partial charge on any atom is 0.251 e. The molecule has 1 aromatic rings. The zero-order valence-electron chi connectivity index (χ0n) is 9.79. The van der Waals surface area contributed by atoms with Crippen LogP contribution in [-0.4, -0.2) is 31.5 Å². The Morgan fingerprint density at radius 3 is 2.71 bits per heavy atom. The molecule has 2 nitrogen and oxygen atoms in total. The fourth-order valence-electron chi connectivity index (χ4n) is 1.52. The molecule has 1 rings (SSSR count). The zero-order valence-corrected chi connectivity index (χ0v) is 9.79. The van der Waals surface area contributed by atoms with Crippen LogP contribution in [0, 0.1) is 11.8 Å². The van der Waals surface area contributed by atoms with Crippen LogP contribution >= 0.6 is 0 Å². The van der Waals surface area contributed by atoms with Crippen LogP contribution in [0.15, 0.2) is 24.3 Å². The van der Waals surface area contributed by atoms with Crippen molar-refractivity contribution >= 4 is 0 Å². The molecule has 0 aliphatic heterocycles. The molecule has 0 heterocycles. The molecule has 0 radical (unpaired) electrons. The van der Waals surface area contributed by atoms with Gasteiger partial charge in [0, 0.05) is 12.1 Å². The summed E-state index contributed by atoms with van der Waals surface area (Å²) in [6.45, 7) is 0.514. The van der Waals surface area contributed by atoms with Crippen LogP contribution in [0.5, 0.6) is 0 Å². The van der Waals surface area contributed by atoms with E-state index >= 15 is 0 Å². The average Bonchev–Trinajstić information content (AvgIpc) is 2.26. The van der Waals surface area contributed by atoms with Gasteiger partial charge in [0.05, 0.1) is 13.1 Å². The Morgan fingerprint density at radius 2 is 2.06 bits per heavy atom. The highest BCUT2D eigenvalue weighted by Crippen LogP contribution is 2.10. The van der Waals surface area contributed by atoms with Gasteiger partial charge >= 0.3 is 0 Å². The number of alkyl halides is 2. The van der Waals surface area contributed by atoms with Gasteiger partial charge in [-0.25, -0.2) is 8.78 Å². The highest BCUT2D eigenvalue weighted by molar-refractivity contribution is 5.41. The first-order chi connectivity index (χ1) is 8.13. The minimum absolute atomic E-state index is 0.237. The molecule has 92 valence electrons. The molecule has 0 spiro atoms. The minimum atomic E-state index is -2.32. The second kappa shape index (κ2) is 7.00. The van der Waals surface area contributed by atoms with Crippen molar-refractivity contribution in [1.82, 2.24) is 4.90 Å². The molecule has 17 heavy (non-hydrogen) atoms. The van der Waals surface area contributed by atoms with E-state index in [9.17, 15) is 8.78 Å². The normalized spacial score (nSPS) is 10.5. The van der Waals surface area contributed by atoms with Crippen molar-refractivity contribution in [3.8, 4) is 11.8 Å². The molecular weight excluding hydrogens is 222 g/mol. The monoisotopic (exact) mass is 238 g/mol. The van der Waals surface area contributed by atoms with Crippen LogP contribution in [0.3, 0.4) is 0 Å². The van der Waals surface area contributed by atoms with E-state index in [1.54, 1.807) is 11.9 Å². The van der Waals surface area contributed by atoms with E-state index < -0.39 is 6.43 Å². The SMILES string of the molecule is CN(Cc1ccccc1C#CCN)CC(F)F. The lowest BCUT2D eigenvalue weighted by Crippen LogP contribution is -2.24. The molecule has 1 aromatic carbocycles. The fourth-order valence-corrected chi connectivity index (χ4v) is 1.52. The number of benzene rings is 1. The standard InChI is InChI=1S/C13H16F2N2/c1-17(10-13(14)15)9-12-6-3-2-5-11(12)7-4-8-16/h2-3,5-6,13H,8-10,16H2,1H3. The summed E-state index contributed by atoms with van der Waals surface area (Å²) in [5.41, 5.74) is 7.10. The summed E-state index contributed by atoms with van der Waals surface area (Å²) in [4.78, 5) is 1.58. The van der Waals surface area contributed by atoms with Crippen LogP contribution in [0.2, 0.25) is 0 Å². The first-order valence-electron chi connectivity index (χ1n) is 5.37. The Morgan fingerprint density at radius 1 is 1.35 bits per heavy atom. The van der Waals surface area contributed by atoms with Gasteiger partial charge in [-0.2, -0.15) is 0 Å². The first kappa shape index (κ1) is 13.6. The van der Waals surface area contributed by atoms with Crippen molar-refractivity contribution in [2.75, 3.05) is 20.1 Å². The summed E-state index contributed by atoms with van der Waals surface area (Å²) in [5.74, 6) is 5.71. The summed E-state index contributed by atoms with van der Waals surface area (Å²) >= 11 is 0. The van der Waals surface area contributed by atoms with Gasteiger partial charge in [0.15, 0.2) is 0 Å². The first-order valence-corrected chi connectivity index (χ1v) is 5.37. The van der Waals surface area contributed by atoms with Crippen molar-refractivity contribution < 1.29 is 8.78 Å². The molecule has 0 aromatic heterocycles. The van der Waals surface area contributed by atoms with E-state index in [1.165, 1.54) is 0 Å². The summed E-state index contributed by atoms with van der Waals surface area (Å²) < 4.78 is 24.4. The van der Waals surface area contributed by atoms with Crippen molar-refractivity contribution in [2.45, 2.75) is 13.0 Å². The maximum absolute atomic E-state index is 12.2. The van der Waals surface area contributed by atoms with Crippen LogP contribution in [0.4, 0.5) is 8.78 Å². The fraction of sp³-hybridized carbons (Fsp3) is 0.385. The molecular formula is C13H16F2N2. The van der Waals surface area contributed by atoms with Gasteiger partial charge in [0.2, 0.25) is 0 Å². The van der Waals surface area contributed by atoms with Crippen molar-refractivity contribution in [3.05, 3.63) is 35.4 Å². The summed E-state index contributed by atoms with van der Waals surface area (Å²) in [6, 6.07) is 7.51. The molecule has 0 atom stereocenters. The molecule has 2 N–H and O–H groups in total. The van der Waals surface area contributed by atoms with Crippen molar-refractivity contribution in [1.29, 1.82) is 0 Å². The lowest BCUT2D eigenvalue weighted by molar-refractivity contribution is 0.0975. The molecule has 0 aliphatic rings. The van der Waals surface area contributed by atoms with Crippen molar-refractivity contribution in [3.63, 3.8) is 0 Å². The van der Waals surface area contributed by atoms with Gasteiger partial charge in [-0.3, -0.25) is 4.90 Å². The second-order valence-corrected chi connectivity index (χ2v) is 3.75. The van der Waals surface area contributed by atoms with E-state index in [0.29, 0.717) is 13.1 Å². The predicted octanol–water partition coefficient (Wildman–Crippen LogP) is 1.69. The topological polar surface area (TPSA) is 29.3 Å². The summed E-state index contributed by atoms with van der Waals surface area (Å²) in [5, 5.41) is 0. The zero-order chi connectivity index (χ0) is 12.7. The number of hydrogen-bond acceptors (Lipinski definition) is 2. The van der Waals surface area contributed by atoms with E-state index in [-0.39, 0.29) is 6.54 Å². The second-order valence-electron chi connectivity index (χ2n) is 3.75. The average molecular weight is 238 g/mol. The Labute approximate surface area is 100 Å². The number of nitrogens with zero attached hydrogens (tertiary/aromatic N) is 1. The highest BCUT2D eigenvalue weighted by atomic mass is 19.3. The molecule has 0 saturated heterocycles. The molecule has 0 bridgehead atoms. The molecule has 0 fully saturated rings. The van der Waals surface area contributed by atoms with Crippen LogP contribution in [0.1, 0.15) is 11.1 Å². The smallest absolute Gasteiger partial charge is 0.251 e. The Balaban J connectivity index is 2.76. The van der Waals surface area contributed by atoms with Gasteiger partial charge in [-0.15, -0.1) is 0 Å². The third kappa shape index (κ3) is 4.94. The van der Waals surface area contributed by atoms with Crippen LogP contribution < -0.4 is 5.73 Å². The minimum Gasteiger partial charge on any atom is -0.320 e. The molecule has 0 amide bonds. The summed E-state index contributed by atoms with van der Waals surface area (Å²) in [6.07, 6.45) is -2.32. The molecule has 0 aliphatic carbocycles. The third-order valence-electron chi connectivity index (χ3n) is 2.23. The molecule has 0 saturated carbocycles. The van der Waals surface area contributed by atoms with Gasteiger partial charge < -0.3 is 5.73 Å². The number of rotatable bonds is 4. The van der Waals surface area contributed by atoms with Gasteiger partial charge in [-0.05, 0) is 18.7 Å². The number of hydrogen-bond donors (Lipinski definition) is 1. The third-order valence-corrected chi connectivity index (χ3v) is 2.23. The van der Waals surface area contributed by atoms with Crippen molar-refractivity contribution in [2.24, 2.45) is 5.73 Å². The predicted molar refractivity (Wildman–Crippen MR) is 64.7 cm³/mol. The molecule has 0 unspecified atom stereocenters. The quantitative estimate of drug-likeness (QED) is 0.809. The van der Waals surface area contributed by atoms with E-state index in [0.717, 1.165) is 11.1 Å². The maximum atomic E-state index is 12.2. The van der Waals surface area contributed by atoms with Gasteiger partial charge in [-0.1, -0.05) is 30.0 Å². The van der Waals surface area contributed by atoms with Gasteiger partial charge in [0.25, 0.3) is 6.43 Å². The lowest BCUT2D eigenvalue weighted by Gasteiger charge is -2.16. The van der Waals surface area contributed by atoms with E-state index in [4.69, 9.17) is 5.73 Å². The van der Waals surface area contributed by atoms with Crippen LogP contribution in [0.25, 0.3) is 0 Å². The van der Waals surface area contributed by atoms with E-state index in [1.807, 2.05) is 24.3 Å². The Kier molecular flexibility index (Phi) is 5.61. The Hall–Kier alpha value is -1.44. The number of nitrogens with two attached hydrogens (primary N) is 1. The molecule has 4 heteroatoms. The largest absolute Gasteiger partial charge is 0.320 e. The summed E-state index contributed by atoms with van der Waals surface area (Å²) in [7, 11) is 1.67. The highest BCUT2D eigenvalue weighted by Gasteiger charge is 2.09. The van der Waals surface area contributed by atoms with E-state index in [2.05, 4.69) is 11.8 Å². The Bertz CT molecular complexity index is 407. The van der Waals surface area contributed by atoms with Crippen LogP contribution in [-0.2, 0) is 6.54 Å². The van der Waals surface area contributed by atoms with Gasteiger partial charge in [0.1, 0.15) is 0 Å².